The van der Waals surface area contributed by atoms with E-state index in [-0.39, 0.29) is 25.2 Å². The van der Waals surface area contributed by atoms with E-state index in [1.165, 1.54) is 0 Å². The molecule has 7 heteroatoms. The highest BCUT2D eigenvalue weighted by molar-refractivity contribution is 7.98. The summed E-state index contributed by atoms with van der Waals surface area (Å²) < 4.78 is 10.7. The Balaban J connectivity index is 1.79. The molecule has 0 aliphatic carbocycles. The zero-order valence-corrected chi connectivity index (χ0v) is 13.7. The first-order valence-electron chi connectivity index (χ1n) is 7.49. The van der Waals surface area contributed by atoms with Crippen LogP contribution in [0.2, 0.25) is 0 Å². The van der Waals surface area contributed by atoms with Gasteiger partial charge in [-0.1, -0.05) is 6.07 Å². The van der Waals surface area contributed by atoms with Crippen molar-refractivity contribution < 1.29 is 24.2 Å². The highest BCUT2D eigenvalue weighted by Gasteiger charge is 2.40. The minimum absolute atomic E-state index is 0.0221. The third kappa shape index (κ3) is 3.24. The molecule has 3 rings (SSSR count). The summed E-state index contributed by atoms with van der Waals surface area (Å²) >= 11 is 1.61. The summed E-state index contributed by atoms with van der Waals surface area (Å²) in [7, 11) is 0. The lowest BCUT2D eigenvalue weighted by atomic mass is 9.89. The van der Waals surface area contributed by atoms with Crippen LogP contribution < -0.4 is 9.47 Å². The predicted octanol–water partition coefficient (Wildman–Crippen LogP) is 1.80. The maximum atomic E-state index is 12.2. The number of carbonyl (C=O) groups is 2. The van der Waals surface area contributed by atoms with Crippen molar-refractivity contribution in [3.63, 3.8) is 0 Å². The van der Waals surface area contributed by atoms with Crippen LogP contribution in [0.1, 0.15) is 17.9 Å². The molecule has 1 fully saturated rings. The number of carboxylic acids is 1. The molecule has 1 aromatic carbocycles. The van der Waals surface area contributed by atoms with Crippen molar-refractivity contribution in [2.75, 3.05) is 31.9 Å². The fraction of sp³-hybridized carbons (Fsp3) is 0.500. The van der Waals surface area contributed by atoms with Crippen molar-refractivity contribution in [2.24, 2.45) is 5.92 Å². The van der Waals surface area contributed by atoms with Gasteiger partial charge in [-0.25, -0.2) is 0 Å². The molecule has 2 heterocycles. The quantitative estimate of drug-likeness (QED) is 0.883. The average molecular weight is 337 g/mol. The fourth-order valence-corrected chi connectivity index (χ4v) is 3.47. The van der Waals surface area contributed by atoms with Gasteiger partial charge in [0, 0.05) is 31.2 Å². The Morgan fingerprint density at radius 3 is 2.83 bits per heavy atom. The lowest BCUT2D eigenvalue weighted by molar-refractivity contribution is -0.141. The van der Waals surface area contributed by atoms with Gasteiger partial charge in [0.05, 0.1) is 5.92 Å². The van der Waals surface area contributed by atoms with Gasteiger partial charge in [0.15, 0.2) is 11.5 Å². The second-order valence-corrected chi connectivity index (χ2v) is 6.69. The normalized spacial score (nSPS) is 22.4. The van der Waals surface area contributed by atoms with Crippen molar-refractivity contribution in [2.45, 2.75) is 12.3 Å². The van der Waals surface area contributed by atoms with E-state index < -0.39 is 11.9 Å². The van der Waals surface area contributed by atoms with Crippen LogP contribution in [0.3, 0.4) is 0 Å². The van der Waals surface area contributed by atoms with Crippen LogP contribution in [0.4, 0.5) is 0 Å². The first-order valence-corrected chi connectivity index (χ1v) is 8.88. The van der Waals surface area contributed by atoms with Crippen LogP contribution in [0.25, 0.3) is 0 Å². The van der Waals surface area contributed by atoms with Gasteiger partial charge in [0.1, 0.15) is 0 Å². The maximum Gasteiger partial charge on any atom is 0.308 e. The van der Waals surface area contributed by atoms with Gasteiger partial charge in [0.2, 0.25) is 12.7 Å². The molecule has 0 radical (unpaired) electrons. The lowest BCUT2D eigenvalue weighted by Gasteiger charge is -2.16. The zero-order valence-electron chi connectivity index (χ0n) is 12.9. The fourth-order valence-electron chi connectivity index (χ4n) is 3.09. The zero-order chi connectivity index (χ0) is 16.4. The molecule has 2 aliphatic rings. The molecule has 1 saturated heterocycles. The number of amides is 1. The molecule has 0 bridgehead atoms. The third-order valence-electron chi connectivity index (χ3n) is 4.33. The number of nitrogens with zero attached hydrogens (tertiary/aromatic N) is 1. The van der Waals surface area contributed by atoms with E-state index in [1.807, 2.05) is 18.4 Å². The van der Waals surface area contributed by atoms with Crippen molar-refractivity contribution in [1.29, 1.82) is 0 Å². The minimum atomic E-state index is -0.868. The number of hydrogen-bond donors (Lipinski definition) is 1. The smallest absolute Gasteiger partial charge is 0.308 e. The number of carbonyl (C=O) groups excluding carboxylic acids is 1. The van der Waals surface area contributed by atoms with Crippen LogP contribution >= 0.6 is 11.8 Å². The standard InChI is InChI=1S/C16H19NO5S/c1-23-5-4-15(18)17-7-11(12(8-17)16(19)20)10-2-3-13-14(6-10)22-9-21-13/h2-3,6,11-12H,4-5,7-9H2,1H3,(H,19,20)/t11-,12+/m0/s1. The Morgan fingerprint density at radius 1 is 1.30 bits per heavy atom. The molecule has 0 saturated carbocycles. The molecule has 2 aliphatic heterocycles. The molecular formula is C16H19NO5S. The Kier molecular flexibility index (Phi) is 4.66. The molecule has 23 heavy (non-hydrogen) atoms. The van der Waals surface area contributed by atoms with Crippen molar-refractivity contribution >= 4 is 23.6 Å². The number of carboxylic acid groups (broad SMARTS) is 1. The van der Waals surface area contributed by atoms with Crippen LogP contribution in [-0.4, -0.2) is 53.8 Å². The molecule has 2 atom stereocenters. The Morgan fingerprint density at radius 2 is 2.09 bits per heavy atom. The van der Waals surface area contributed by atoms with Gasteiger partial charge in [-0.2, -0.15) is 11.8 Å². The number of hydrogen-bond acceptors (Lipinski definition) is 5. The number of benzene rings is 1. The van der Waals surface area contributed by atoms with Gasteiger partial charge in [-0.3, -0.25) is 9.59 Å². The highest BCUT2D eigenvalue weighted by atomic mass is 32.2. The summed E-state index contributed by atoms with van der Waals surface area (Å²) in [4.78, 5) is 25.5. The Labute approximate surface area is 138 Å². The number of rotatable bonds is 5. The first-order chi connectivity index (χ1) is 11.1. The van der Waals surface area contributed by atoms with Crippen LogP contribution in [0, 0.1) is 5.92 Å². The number of likely N-dealkylation sites (tertiary alicyclic amines) is 1. The molecule has 124 valence electrons. The first kappa shape index (κ1) is 16.0. The van der Waals surface area contributed by atoms with Gasteiger partial charge in [-0.05, 0) is 24.0 Å². The monoisotopic (exact) mass is 337 g/mol. The third-order valence-corrected chi connectivity index (χ3v) is 4.95. The molecule has 0 spiro atoms. The van der Waals surface area contributed by atoms with Crippen LogP contribution in [0.5, 0.6) is 11.5 Å². The summed E-state index contributed by atoms with van der Waals surface area (Å²) in [6.07, 6.45) is 2.40. The van der Waals surface area contributed by atoms with Crippen LogP contribution in [-0.2, 0) is 9.59 Å². The van der Waals surface area contributed by atoms with Gasteiger partial charge in [-0.15, -0.1) is 0 Å². The molecule has 1 amide bonds. The van der Waals surface area contributed by atoms with Gasteiger partial charge in [0.25, 0.3) is 0 Å². The second-order valence-electron chi connectivity index (χ2n) is 5.71. The van der Waals surface area contributed by atoms with E-state index >= 15 is 0 Å². The summed E-state index contributed by atoms with van der Waals surface area (Å²) in [5, 5.41) is 9.52. The number of ether oxygens (including phenoxy) is 2. The topological polar surface area (TPSA) is 76.1 Å². The minimum Gasteiger partial charge on any atom is -0.481 e. The lowest BCUT2D eigenvalue weighted by Crippen LogP contribution is -2.30. The summed E-state index contributed by atoms with van der Waals surface area (Å²) in [6, 6.07) is 5.50. The van der Waals surface area contributed by atoms with Crippen molar-refractivity contribution in [3.8, 4) is 11.5 Å². The van der Waals surface area contributed by atoms with E-state index in [0.29, 0.717) is 24.5 Å². The largest absolute Gasteiger partial charge is 0.481 e. The van der Waals surface area contributed by atoms with E-state index in [9.17, 15) is 14.7 Å². The predicted molar refractivity (Wildman–Crippen MR) is 86.0 cm³/mol. The second kappa shape index (κ2) is 6.70. The van der Waals surface area contributed by atoms with Gasteiger partial charge < -0.3 is 19.5 Å². The summed E-state index contributed by atoms with van der Waals surface area (Å²) in [5.74, 6) is 0.405. The summed E-state index contributed by atoms with van der Waals surface area (Å²) in [6.45, 7) is 0.886. The van der Waals surface area contributed by atoms with E-state index in [4.69, 9.17) is 9.47 Å². The van der Waals surface area contributed by atoms with Crippen LogP contribution in [0.15, 0.2) is 18.2 Å². The molecule has 1 N–H and O–H groups in total. The maximum absolute atomic E-state index is 12.2. The summed E-state index contributed by atoms with van der Waals surface area (Å²) in [5.41, 5.74) is 0.877. The number of aliphatic carboxylic acids is 1. The highest BCUT2D eigenvalue weighted by Crippen LogP contribution is 2.39. The molecule has 1 aromatic rings. The van der Waals surface area contributed by atoms with E-state index in [1.54, 1.807) is 22.7 Å². The molecular weight excluding hydrogens is 318 g/mol. The Hall–Kier alpha value is -1.89. The SMILES string of the molecule is CSCCC(=O)N1C[C@@H](C(=O)O)[C@H](c2ccc3c(c2)OCO3)C1. The van der Waals surface area contributed by atoms with E-state index in [0.717, 1.165) is 11.3 Å². The average Bonchev–Trinajstić information content (AvgIpc) is 3.18. The van der Waals surface area contributed by atoms with E-state index in [2.05, 4.69) is 0 Å². The van der Waals surface area contributed by atoms with Crippen molar-refractivity contribution in [3.05, 3.63) is 23.8 Å². The molecule has 0 aromatic heterocycles. The molecule has 0 unspecified atom stereocenters. The van der Waals surface area contributed by atoms with Crippen molar-refractivity contribution in [1.82, 2.24) is 4.90 Å². The molecule has 6 nitrogen and oxygen atoms in total. The number of fused-ring (bicyclic) bond motifs is 1. The number of thioether (sulfide) groups is 1. The Bertz CT molecular complexity index is 620. The van der Waals surface area contributed by atoms with Gasteiger partial charge >= 0.3 is 5.97 Å².